The molecule has 1 atom stereocenters. The van der Waals surface area contributed by atoms with E-state index in [0.29, 0.717) is 5.41 Å². The Hall–Kier alpha value is -0.0800. The van der Waals surface area contributed by atoms with Gasteiger partial charge in [-0.2, -0.15) is 0 Å². The Morgan fingerprint density at radius 1 is 1.36 bits per heavy atom. The van der Waals surface area contributed by atoms with Crippen LogP contribution in [0.2, 0.25) is 0 Å². The van der Waals surface area contributed by atoms with Crippen molar-refractivity contribution >= 4 is 0 Å². The molecule has 0 bridgehead atoms. The molecule has 0 aromatic heterocycles. The van der Waals surface area contributed by atoms with Crippen molar-refractivity contribution in [2.24, 2.45) is 5.41 Å². The lowest BCUT2D eigenvalue weighted by Crippen LogP contribution is -2.41. The van der Waals surface area contributed by atoms with Crippen LogP contribution in [0.25, 0.3) is 0 Å². The number of piperidine rings is 1. The van der Waals surface area contributed by atoms with Crippen LogP contribution >= 0.6 is 0 Å². The average Bonchev–Trinajstić information content (AvgIpc) is 2.15. The summed E-state index contributed by atoms with van der Waals surface area (Å²) in [7, 11) is 4.06. The number of nitrogens with zero attached hydrogens (tertiary/aromatic N) is 1. The smallest absolute Gasteiger partial charge is 0.0468 e. The van der Waals surface area contributed by atoms with Crippen molar-refractivity contribution in [1.29, 1.82) is 0 Å². The second kappa shape index (κ2) is 5.72. The molecule has 1 saturated heterocycles. The largest absolute Gasteiger partial charge is 0.385 e. The summed E-state index contributed by atoms with van der Waals surface area (Å²) < 4.78 is 5.23. The summed E-state index contributed by atoms with van der Waals surface area (Å²) in [4.78, 5) is 2.48. The number of ether oxygens (including phenoxy) is 1. The van der Waals surface area contributed by atoms with Crippen molar-refractivity contribution in [1.82, 2.24) is 4.90 Å². The Balaban J connectivity index is 2.50. The zero-order chi connectivity index (χ0) is 10.4. The predicted molar refractivity (Wildman–Crippen MR) is 60.6 cm³/mol. The molecule has 0 aliphatic carbocycles. The minimum atomic E-state index is 0.553. The summed E-state index contributed by atoms with van der Waals surface area (Å²) in [5.74, 6) is 0. The maximum atomic E-state index is 5.23. The van der Waals surface area contributed by atoms with Crippen LogP contribution in [0.3, 0.4) is 0 Å². The fourth-order valence-corrected chi connectivity index (χ4v) is 2.84. The van der Waals surface area contributed by atoms with Crippen LogP contribution in [0.15, 0.2) is 0 Å². The lowest BCUT2D eigenvalue weighted by Gasteiger charge is -2.41. The van der Waals surface area contributed by atoms with E-state index in [2.05, 4.69) is 18.9 Å². The lowest BCUT2D eigenvalue weighted by atomic mass is 9.74. The second-order valence-electron chi connectivity index (χ2n) is 4.83. The molecule has 0 radical (unpaired) electrons. The van der Waals surface area contributed by atoms with Crippen LogP contribution in [0, 0.1) is 5.41 Å². The van der Waals surface area contributed by atoms with Crippen molar-refractivity contribution in [2.75, 3.05) is 33.9 Å². The van der Waals surface area contributed by atoms with E-state index in [4.69, 9.17) is 4.74 Å². The highest BCUT2D eigenvalue weighted by Gasteiger charge is 2.32. The summed E-state index contributed by atoms with van der Waals surface area (Å²) in [5, 5.41) is 0. The van der Waals surface area contributed by atoms with Gasteiger partial charge in [-0.15, -0.1) is 0 Å². The van der Waals surface area contributed by atoms with Gasteiger partial charge in [0.25, 0.3) is 0 Å². The van der Waals surface area contributed by atoms with Crippen LogP contribution in [-0.2, 0) is 4.74 Å². The summed E-state index contributed by atoms with van der Waals surface area (Å²) >= 11 is 0. The molecular formula is C12H25NO. The van der Waals surface area contributed by atoms with Crippen molar-refractivity contribution in [2.45, 2.75) is 39.0 Å². The van der Waals surface area contributed by atoms with Gasteiger partial charge in [-0.3, -0.25) is 0 Å². The first-order chi connectivity index (χ1) is 6.72. The third-order valence-corrected chi connectivity index (χ3v) is 3.47. The van der Waals surface area contributed by atoms with Gasteiger partial charge in [-0.25, -0.2) is 0 Å². The normalized spacial score (nSPS) is 29.4. The Morgan fingerprint density at radius 2 is 2.14 bits per heavy atom. The van der Waals surface area contributed by atoms with Gasteiger partial charge >= 0.3 is 0 Å². The Labute approximate surface area is 88.6 Å². The molecule has 84 valence electrons. The number of hydrogen-bond acceptors (Lipinski definition) is 2. The fraction of sp³-hybridized carbons (Fsp3) is 1.00. The van der Waals surface area contributed by atoms with Gasteiger partial charge in [0.1, 0.15) is 0 Å². The van der Waals surface area contributed by atoms with Gasteiger partial charge in [0.2, 0.25) is 0 Å². The molecule has 1 heterocycles. The molecule has 0 amide bonds. The number of hydrogen-bond donors (Lipinski definition) is 0. The van der Waals surface area contributed by atoms with Gasteiger partial charge in [-0.1, -0.05) is 13.3 Å². The molecule has 0 spiro atoms. The molecule has 0 N–H and O–H groups in total. The topological polar surface area (TPSA) is 12.5 Å². The summed E-state index contributed by atoms with van der Waals surface area (Å²) in [6.07, 6.45) is 6.66. The Morgan fingerprint density at radius 3 is 2.71 bits per heavy atom. The van der Waals surface area contributed by atoms with Crippen LogP contribution in [0.5, 0.6) is 0 Å². The maximum Gasteiger partial charge on any atom is 0.0468 e. The van der Waals surface area contributed by atoms with Crippen molar-refractivity contribution in [3.8, 4) is 0 Å². The zero-order valence-corrected chi connectivity index (χ0v) is 10.0. The van der Waals surface area contributed by atoms with E-state index < -0.39 is 0 Å². The van der Waals surface area contributed by atoms with E-state index in [1.165, 1.54) is 45.2 Å². The maximum absolute atomic E-state index is 5.23. The highest BCUT2D eigenvalue weighted by molar-refractivity contribution is 4.85. The van der Waals surface area contributed by atoms with Crippen LogP contribution in [0.4, 0.5) is 0 Å². The molecule has 2 nitrogen and oxygen atoms in total. The van der Waals surface area contributed by atoms with Gasteiger partial charge in [-0.05, 0) is 44.7 Å². The number of methoxy groups -OCH3 is 1. The lowest BCUT2D eigenvalue weighted by molar-refractivity contribution is 0.0569. The van der Waals surface area contributed by atoms with Crippen LogP contribution in [-0.4, -0.2) is 38.8 Å². The molecule has 1 aliphatic heterocycles. The summed E-state index contributed by atoms with van der Waals surface area (Å²) in [6.45, 7) is 5.76. The third kappa shape index (κ3) is 3.25. The Bertz CT molecular complexity index is 156. The first kappa shape index (κ1) is 12.0. The monoisotopic (exact) mass is 199 g/mol. The van der Waals surface area contributed by atoms with E-state index in [1.54, 1.807) is 0 Å². The highest BCUT2D eigenvalue weighted by Crippen LogP contribution is 2.37. The number of rotatable bonds is 5. The van der Waals surface area contributed by atoms with Crippen molar-refractivity contribution in [3.63, 3.8) is 0 Å². The fourth-order valence-electron chi connectivity index (χ4n) is 2.84. The van der Waals surface area contributed by atoms with Crippen LogP contribution in [0.1, 0.15) is 39.0 Å². The first-order valence-corrected chi connectivity index (χ1v) is 5.90. The van der Waals surface area contributed by atoms with E-state index >= 15 is 0 Å². The van der Waals surface area contributed by atoms with Crippen molar-refractivity contribution < 1.29 is 4.74 Å². The molecule has 1 fully saturated rings. The average molecular weight is 199 g/mol. The zero-order valence-electron chi connectivity index (χ0n) is 10.0. The molecule has 0 aromatic rings. The third-order valence-electron chi connectivity index (χ3n) is 3.47. The molecule has 0 aromatic carbocycles. The standard InChI is InChI=1S/C12H25NO/c1-4-6-12(8-10-14-3)7-5-9-13(2)11-12/h4-11H2,1-3H3. The van der Waals surface area contributed by atoms with Gasteiger partial charge in [0.15, 0.2) is 0 Å². The van der Waals surface area contributed by atoms with E-state index in [0.717, 1.165) is 6.61 Å². The molecule has 0 saturated carbocycles. The quantitative estimate of drug-likeness (QED) is 0.674. The van der Waals surface area contributed by atoms with E-state index in [1.807, 2.05) is 7.11 Å². The van der Waals surface area contributed by atoms with Crippen molar-refractivity contribution in [3.05, 3.63) is 0 Å². The Kier molecular flexibility index (Phi) is 4.90. The highest BCUT2D eigenvalue weighted by atomic mass is 16.5. The van der Waals surface area contributed by atoms with E-state index in [-0.39, 0.29) is 0 Å². The molecule has 2 heteroatoms. The van der Waals surface area contributed by atoms with Gasteiger partial charge < -0.3 is 9.64 Å². The second-order valence-corrected chi connectivity index (χ2v) is 4.83. The summed E-state index contributed by atoms with van der Waals surface area (Å²) in [5.41, 5.74) is 0.553. The van der Waals surface area contributed by atoms with Crippen LogP contribution < -0.4 is 0 Å². The SMILES string of the molecule is CCCC1(CCOC)CCCN(C)C1. The van der Waals surface area contributed by atoms with E-state index in [9.17, 15) is 0 Å². The van der Waals surface area contributed by atoms with Gasteiger partial charge in [0, 0.05) is 20.3 Å². The minimum absolute atomic E-state index is 0.553. The molecule has 1 rings (SSSR count). The minimum Gasteiger partial charge on any atom is -0.385 e. The number of likely N-dealkylation sites (tertiary alicyclic amines) is 1. The summed E-state index contributed by atoms with van der Waals surface area (Å²) in [6, 6.07) is 0. The molecule has 1 aliphatic rings. The molecule has 14 heavy (non-hydrogen) atoms. The molecular weight excluding hydrogens is 174 g/mol. The van der Waals surface area contributed by atoms with Gasteiger partial charge in [0.05, 0.1) is 0 Å². The molecule has 1 unspecified atom stereocenters. The predicted octanol–water partition coefficient (Wildman–Crippen LogP) is 2.54. The first-order valence-electron chi connectivity index (χ1n) is 5.90.